The van der Waals surface area contributed by atoms with Crippen molar-refractivity contribution in [2.45, 2.75) is 11.8 Å². The van der Waals surface area contributed by atoms with Gasteiger partial charge in [0.2, 0.25) is 10.0 Å². The maximum atomic E-state index is 11.9. The van der Waals surface area contributed by atoms with Gasteiger partial charge in [-0.15, -0.1) is 0 Å². The first-order valence-electron chi connectivity index (χ1n) is 4.71. The molecule has 1 atom stereocenters. The van der Waals surface area contributed by atoms with E-state index in [1.807, 2.05) is 6.07 Å². The lowest BCUT2D eigenvalue weighted by atomic mass is 10.2. The molecule has 0 aliphatic heterocycles. The molecule has 1 N–H and O–H groups in total. The smallest absolute Gasteiger partial charge is 0.210 e. The summed E-state index contributed by atoms with van der Waals surface area (Å²) in [4.78, 5) is 0.158. The van der Waals surface area contributed by atoms with Gasteiger partial charge < -0.3 is 0 Å². The molecule has 0 saturated carbocycles. The van der Waals surface area contributed by atoms with E-state index in [1.165, 1.54) is 6.07 Å². The first-order chi connectivity index (χ1) is 7.86. The van der Waals surface area contributed by atoms with Crippen molar-refractivity contribution < 1.29 is 8.42 Å². The minimum atomic E-state index is -3.58. The number of hydrogen-bond donors (Lipinski definition) is 1. The molecule has 1 unspecified atom stereocenters. The molecule has 17 heavy (non-hydrogen) atoms. The third-order valence-electron chi connectivity index (χ3n) is 1.98. The second kappa shape index (κ2) is 5.96. The standard InChI is InChI=1S/C10H10Br2N2O2S/c1-7(5-13)6-14-17(15,16)10-3-2-8(11)4-9(10)12/h2-4,7,14H,6H2,1H3. The van der Waals surface area contributed by atoms with Crippen LogP contribution in [-0.4, -0.2) is 15.0 Å². The van der Waals surface area contributed by atoms with Crippen LogP contribution in [0.5, 0.6) is 0 Å². The molecule has 1 rings (SSSR count). The van der Waals surface area contributed by atoms with E-state index >= 15 is 0 Å². The number of nitrogens with one attached hydrogen (secondary N) is 1. The summed E-state index contributed by atoms with van der Waals surface area (Å²) in [5, 5.41) is 8.59. The zero-order valence-electron chi connectivity index (χ0n) is 8.94. The largest absolute Gasteiger partial charge is 0.241 e. The highest BCUT2D eigenvalue weighted by molar-refractivity contribution is 9.11. The second-order valence-corrected chi connectivity index (χ2v) is 6.96. The van der Waals surface area contributed by atoms with Gasteiger partial charge in [-0.3, -0.25) is 0 Å². The molecule has 1 aromatic rings. The van der Waals surface area contributed by atoms with Gasteiger partial charge in [0.15, 0.2) is 0 Å². The Morgan fingerprint density at radius 1 is 1.47 bits per heavy atom. The van der Waals surface area contributed by atoms with Gasteiger partial charge in [-0.25, -0.2) is 13.1 Å². The summed E-state index contributed by atoms with van der Waals surface area (Å²) in [6.45, 7) is 1.75. The number of nitriles is 1. The molecule has 0 saturated heterocycles. The van der Waals surface area contributed by atoms with Crippen LogP contribution in [0.3, 0.4) is 0 Å². The minimum Gasteiger partial charge on any atom is -0.210 e. The number of nitrogens with zero attached hydrogens (tertiary/aromatic N) is 1. The zero-order valence-corrected chi connectivity index (χ0v) is 12.9. The SMILES string of the molecule is CC(C#N)CNS(=O)(=O)c1ccc(Br)cc1Br. The van der Waals surface area contributed by atoms with Crippen molar-refractivity contribution in [3.8, 4) is 6.07 Å². The molecule has 0 aromatic heterocycles. The lowest BCUT2D eigenvalue weighted by molar-refractivity contribution is 0.572. The number of rotatable bonds is 4. The lowest BCUT2D eigenvalue weighted by Gasteiger charge is -2.09. The summed E-state index contributed by atoms with van der Waals surface area (Å²) >= 11 is 6.44. The predicted octanol–water partition coefficient (Wildman–Crippen LogP) is 2.65. The molecule has 0 aliphatic rings. The zero-order chi connectivity index (χ0) is 13.1. The fraction of sp³-hybridized carbons (Fsp3) is 0.300. The molecule has 0 heterocycles. The summed E-state index contributed by atoms with van der Waals surface area (Å²) in [6.07, 6.45) is 0. The maximum Gasteiger partial charge on any atom is 0.241 e. The highest BCUT2D eigenvalue weighted by Gasteiger charge is 2.18. The van der Waals surface area contributed by atoms with Gasteiger partial charge in [0.1, 0.15) is 0 Å². The van der Waals surface area contributed by atoms with Crippen molar-refractivity contribution in [2.75, 3.05) is 6.54 Å². The van der Waals surface area contributed by atoms with Gasteiger partial charge in [0.25, 0.3) is 0 Å². The highest BCUT2D eigenvalue weighted by atomic mass is 79.9. The summed E-state index contributed by atoms with van der Waals surface area (Å²) < 4.78 is 27.5. The molecule has 0 spiro atoms. The Kier molecular flexibility index (Phi) is 5.13. The topological polar surface area (TPSA) is 70.0 Å². The van der Waals surface area contributed by atoms with Crippen molar-refractivity contribution in [2.24, 2.45) is 5.92 Å². The van der Waals surface area contributed by atoms with Crippen LogP contribution in [0.1, 0.15) is 6.92 Å². The Hall–Kier alpha value is -0.420. The molecule has 7 heteroatoms. The van der Waals surface area contributed by atoms with E-state index in [9.17, 15) is 8.42 Å². The molecule has 0 aliphatic carbocycles. The van der Waals surface area contributed by atoms with Gasteiger partial charge in [-0.2, -0.15) is 5.26 Å². The first kappa shape index (κ1) is 14.6. The van der Waals surface area contributed by atoms with Gasteiger partial charge in [-0.1, -0.05) is 15.9 Å². The molecule has 4 nitrogen and oxygen atoms in total. The summed E-state index contributed by atoms with van der Waals surface area (Å²) in [6, 6.07) is 6.76. The van der Waals surface area contributed by atoms with Crippen LogP contribution in [0.25, 0.3) is 0 Å². The molecular weight excluding hydrogens is 372 g/mol. The van der Waals surface area contributed by atoms with Crippen LogP contribution in [0.2, 0.25) is 0 Å². The van der Waals surface area contributed by atoms with Crippen LogP contribution in [0.15, 0.2) is 32.0 Å². The maximum absolute atomic E-state index is 11.9. The van der Waals surface area contributed by atoms with Crippen molar-refractivity contribution in [1.82, 2.24) is 4.72 Å². The molecule has 0 amide bonds. The quantitative estimate of drug-likeness (QED) is 0.871. The number of hydrogen-bond acceptors (Lipinski definition) is 3. The minimum absolute atomic E-state index is 0.0985. The van der Waals surface area contributed by atoms with E-state index in [0.717, 1.165) is 4.47 Å². The Labute approximate surface area is 117 Å². The van der Waals surface area contributed by atoms with Crippen LogP contribution in [0, 0.1) is 17.2 Å². The summed E-state index contributed by atoms with van der Waals surface area (Å²) in [5.41, 5.74) is 0. The Morgan fingerprint density at radius 3 is 2.65 bits per heavy atom. The van der Waals surface area contributed by atoms with Gasteiger partial charge in [0.05, 0.1) is 16.9 Å². The Balaban J connectivity index is 2.95. The third kappa shape index (κ3) is 4.07. The van der Waals surface area contributed by atoms with Crippen molar-refractivity contribution in [3.63, 3.8) is 0 Å². The van der Waals surface area contributed by atoms with Gasteiger partial charge in [0, 0.05) is 15.5 Å². The van der Waals surface area contributed by atoms with E-state index in [2.05, 4.69) is 36.6 Å². The monoisotopic (exact) mass is 380 g/mol. The van der Waals surface area contributed by atoms with Crippen molar-refractivity contribution >= 4 is 41.9 Å². The van der Waals surface area contributed by atoms with Crippen LogP contribution in [-0.2, 0) is 10.0 Å². The number of halogens is 2. The van der Waals surface area contributed by atoms with Gasteiger partial charge in [-0.05, 0) is 41.1 Å². The highest BCUT2D eigenvalue weighted by Crippen LogP contribution is 2.25. The fourth-order valence-electron chi connectivity index (χ4n) is 1.05. The predicted molar refractivity (Wildman–Crippen MR) is 71.8 cm³/mol. The molecule has 92 valence electrons. The average molecular weight is 382 g/mol. The summed E-state index contributed by atoms with van der Waals surface area (Å²) in [7, 11) is -3.58. The van der Waals surface area contributed by atoms with Crippen molar-refractivity contribution in [1.29, 1.82) is 5.26 Å². The molecule has 0 radical (unpaired) electrons. The van der Waals surface area contributed by atoms with E-state index in [4.69, 9.17) is 5.26 Å². The third-order valence-corrected chi connectivity index (χ3v) is 4.88. The van der Waals surface area contributed by atoms with Crippen LogP contribution >= 0.6 is 31.9 Å². The Bertz CT molecular complexity index is 552. The normalized spacial score (nSPS) is 13.1. The number of sulfonamides is 1. The average Bonchev–Trinajstić information content (AvgIpc) is 2.25. The van der Waals surface area contributed by atoms with E-state index in [0.29, 0.717) is 4.47 Å². The van der Waals surface area contributed by atoms with E-state index < -0.39 is 10.0 Å². The molecule has 1 aromatic carbocycles. The van der Waals surface area contributed by atoms with E-state index in [-0.39, 0.29) is 17.4 Å². The molecule has 0 fully saturated rings. The molecule has 0 bridgehead atoms. The van der Waals surface area contributed by atoms with E-state index in [1.54, 1.807) is 19.1 Å². The fourth-order valence-corrected chi connectivity index (χ4v) is 3.93. The van der Waals surface area contributed by atoms with Gasteiger partial charge >= 0.3 is 0 Å². The molecular formula is C10H10Br2N2O2S. The second-order valence-electron chi connectivity index (χ2n) is 3.46. The number of benzene rings is 1. The van der Waals surface area contributed by atoms with Crippen LogP contribution in [0.4, 0.5) is 0 Å². The first-order valence-corrected chi connectivity index (χ1v) is 7.78. The Morgan fingerprint density at radius 2 is 2.12 bits per heavy atom. The van der Waals surface area contributed by atoms with Crippen LogP contribution < -0.4 is 4.72 Å². The summed E-state index contributed by atoms with van der Waals surface area (Å²) in [5.74, 6) is -0.362. The lowest BCUT2D eigenvalue weighted by Crippen LogP contribution is -2.28. The van der Waals surface area contributed by atoms with Crippen molar-refractivity contribution in [3.05, 3.63) is 27.1 Å².